The molecule has 2 aliphatic rings. The van der Waals surface area contributed by atoms with E-state index in [2.05, 4.69) is 66.6 Å². The first-order chi connectivity index (χ1) is 19.2. The van der Waals surface area contributed by atoms with Crippen LogP contribution in [0.3, 0.4) is 0 Å². The molecule has 3 N–H and O–H groups in total. The van der Waals surface area contributed by atoms with E-state index in [1.54, 1.807) is 29.7 Å². The number of aromatic amines is 2. The smallest absolute Gasteiger partial charge is 0.254 e. The molecule has 0 atom stereocenters. The molecule has 2 aromatic heterocycles. The van der Waals surface area contributed by atoms with Crippen molar-refractivity contribution < 1.29 is 4.79 Å². The topological polar surface area (TPSA) is 92.9 Å². The van der Waals surface area contributed by atoms with Crippen LogP contribution < -0.4 is 10.2 Å². The fourth-order valence-corrected chi connectivity index (χ4v) is 6.07. The van der Waals surface area contributed by atoms with Gasteiger partial charge >= 0.3 is 0 Å². The molecule has 2 aromatic carbocycles. The second kappa shape index (κ2) is 11.9. The summed E-state index contributed by atoms with van der Waals surface area (Å²) in [6.45, 7) is 2.78. The summed E-state index contributed by atoms with van der Waals surface area (Å²) in [6, 6.07) is 18.1. The van der Waals surface area contributed by atoms with Gasteiger partial charge in [0, 0.05) is 61.2 Å². The van der Waals surface area contributed by atoms with Crippen LogP contribution in [0, 0.1) is 0 Å². The first-order valence-electron chi connectivity index (χ1n) is 14.2. The number of benzene rings is 2. The van der Waals surface area contributed by atoms with Gasteiger partial charge in [-0.3, -0.25) is 4.79 Å². The normalized spacial score (nSPS) is 19.0. The van der Waals surface area contributed by atoms with E-state index in [9.17, 15) is 4.79 Å². The molecule has 1 aliphatic carbocycles. The van der Waals surface area contributed by atoms with Crippen LogP contribution in [-0.4, -0.2) is 49.4 Å². The number of imidazole rings is 2. The lowest BCUT2D eigenvalue weighted by molar-refractivity contribution is 0.0721. The molecule has 8 nitrogen and oxygen atoms in total. The SMILES string of the molecule is O=C(c1ccc(CNC2CCC(N3CCCc4ccccc43)CC2)cc1)N(Cc1ncc[nH]1)Cc1ncc[nH]1. The van der Waals surface area contributed by atoms with E-state index in [1.165, 1.54) is 61.9 Å². The van der Waals surface area contributed by atoms with Gasteiger partial charge in [0.25, 0.3) is 5.91 Å². The number of fused-ring (bicyclic) bond motifs is 1. The molecule has 0 radical (unpaired) electrons. The maximum atomic E-state index is 13.4. The molecular weight excluding hydrogens is 486 g/mol. The summed E-state index contributed by atoms with van der Waals surface area (Å²) in [5.41, 5.74) is 4.83. The molecule has 1 fully saturated rings. The average molecular weight is 524 g/mol. The van der Waals surface area contributed by atoms with Crippen LogP contribution in [0.4, 0.5) is 5.69 Å². The number of carbonyl (C=O) groups excluding carboxylic acids is 1. The minimum absolute atomic E-state index is 0.0417. The Morgan fingerprint density at radius 2 is 1.62 bits per heavy atom. The second-order valence-electron chi connectivity index (χ2n) is 10.7. The van der Waals surface area contributed by atoms with Crippen LogP contribution in [0.15, 0.2) is 73.3 Å². The summed E-state index contributed by atoms with van der Waals surface area (Å²) in [4.78, 5) is 32.6. The van der Waals surface area contributed by atoms with Gasteiger partial charge in [0.05, 0.1) is 13.1 Å². The number of nitrogens with one attached hydrogen (secondary N) is 3. The van der Waals surface area contributed by atoms with Gasteiger partial charge in [-0.15, -0.1) is 0 Å². The summed E-state index contributed by atoms with van der Waals surface area (Å²) in [7, 11) is 0. The predicted octanol–water partition coefficient (Wildman–Crippen LogP) is 4.83. The highest BCUT2D eigenvalue weighted by atomic mass is 16.2. The van der Waals surface area contributed by atoms with Crippen molar-refractivity contribution in [2.45, 2.75) is 70.2 Å². The van der Waals surface area contributed by atoms with Crippen LogP contribution in [0.5, 0.6) is 0 Å². The molecule has 0 saturated heterocycles. The van der Waals surface area contributed by atoms with Crippen molar-refractivity contribution in [2.75, 3.05) is 11.4 Å². The molecule has 8 heteroatoms. The molecule has 3 heterocycles. The molecule has 6 rings (SSSR count). The third-order valence-electron chi connectivity index (χ3n) is 8.16. The number of hydrogen-bond donors (Lipinski definition) is 3. The Balaban J connectivity index is 1.02. The van der Waals surface area contributed by atoms with Gasteiger partial charge in [-0.1, -0.05) is 30.3 Å². The van der Waals surface area contributed by atoms with E-state index in [0.717, 1.165) is 18.2 Å². The monoisotopic (exact) mass is 523 g/mol. The van der Waals surface area contributed by atoms with E-state index >= 15 is 0 Å². The lowest BCUT2D eigenvalue weighted by Gasteiger charge is -2.41. The Hall–Kier alpha value is -3.91. The summed E-state index contributed by atoms with van der Waals surface area (Å²) in [5, 5.41) is 3.77. The van der Waals surface area contributed by atoms with Gasteiger partial charge in [0.15, 0.2) is 0 Å². The zero-order valence-electron chi connectivity index (χ0n) is 22.4. The Kier molecular flexibility index (Phi) is 7.72. The molecule has 0 spiro atoms. The number of carbonyl (C=O) groups is 1. The molecule has 1 saturated carbocycles. The lowest BCUT2D eigenvalue weighted by Crippen LogP contribution is -2.44. The summed E-state index contributed by atoms with van der Waals surface area (Å²) in [5.74, 6) is 1.45. The second-order valence-corrected chi connectivity index (χ2v) is 10.7. The molecule has 4 aromatic rings. The van der Waals surface area contributed by atoms with Crippen LogP contribution in [-0.2, 0) is 26.1 Å². The fraction of sp³-hybridized carbons (Fsp3) is 0.387. The maximum Gasteiger partial charge on any atom is 0.254 e. The van der Waals surface area contributed by atoms with Crippen molar-refractivity contribution in [3.05, 3.63) is 102 Å². The molecule has 202 valence electrons. The lowest BCUT2D eigenvalue weighted by atomic mass is 9.88. The van der Waals surface area contributed by atoms with Gasteiger partial charge in [0.1, 0.15) is 11.6 Å². The summed E-state index contributed by atoms with van der Waals surface area (Å²) < 4.78 is 0. The number of aryl methyl sites for hydroxylation is 1. The van der Waals surface area contributed by atoms with Gasteiger partial charge in [0.2, 0.25) is 0 Å². The fourth-order valence-electron chi connectivity index (χ4n) is 6.07. The average Bonchev–Trinajstić information content (AvgIpc) is 3.71. The molecule has 0 unspecified atom stereocenters. The number of aromatic nitrogens is 4. The Bertz CT molecular complexity index is 1290. The molecule has 0 bridgehead atoms. The number of para-hydroxylation sites is 1. The number of anilines is 1. The van der Waals surface area contributed by atoms with Crippen molar-refractivity contribution in [2.24, 2.45) is 0 Å². The molecule has 1 aliphatic heterocycles. The third-order valence-corrected chi connectivity index (χ3v) is 8.16. The van der Waals surface area contributed by atoms with Crippen LogP contribution in [0.1, 0.15) is 65.2 Å². The predicted molar refractivity (Wildman–Crippen MR) is 152 cm³/mol. The van der Waals surface area contributed by atoms with E-state index in [1.807, 2.05) is 12.1 Å². The minimum atomic E-state index is -0.0417. The number of H-pyrrole nitrogens is 2. The summed E-state index contributed by atoms with van der Waals surface area (Å²) in [6.07, 6.45) is 14.3. The zero-order valence-corrected chi connectivity index (χ0v) is 22.4. The first kappa shape index (κ1) is 25.4. The van der Waals surface area contributed by atoms with E-state index < -0.39 is 0 Å². The van der Waals surface area contributed by atoms with Gasteiger partial charge in [-0.2, -0.15) is 0 Å². The maximum absolute atomic E-state index is 13.4. The Labute approximate surface area is 229 Å². The minimum Gasteiger partial charge on any atom is -0.368 e. The van der Waals surface area contributed by atoms with Gasteiger partial charge < -0.3 is 25.1 Å². The first-order valence-corrected chi connectivity index (χ1v) is 14.2. The van der Waals surface area contributed by atoms with E-state index in [0.29, 0.717) is 30.7 Å². The quantitative estimate of drug-likeness (QED) is 0.292. The van der Waals surface area contributed by atoms with Crippen molar-refractivity contribution in [3.8, 4) is 0 Å². The number of hydrogen-bond acceptors (Lipinski definition) is 5. The highest BCUT2D eigenvalue weighted by Crippen LogP contribution is 2.33. The Morgan fingerprint density at radius 1 is 0.923 bits per heavy atom. The van der Waals surface area contributed by atoms with Gasteiger partial charge in [-0.25, -0.2) is 9.97 Å². The van der Waals surface area contributed by atoms with E-state index in [-0.39, 0.29) is 5.91 Å². The standard InChI is InChI=1S/C31H37N7O/c39-31(37(21-29-32-15-16-33-29)22-30-34-17-18-35-30)25-9-7-23(8-10-25)20-36-26-11-13-27(14-12-26)38-19-3-5-24-4-1-2-6-28(24)38/h1-2,4,6-10,15-18,26-27,36H,3,5,11-14,19-22H2,(H,32,33)(H,34,35). The number of amides is 1. The van der Waals surface area contributed by atoms with Crippen molar-refractivity contribution in [1.29, 1.82) is 0 Å². The highest BCUT2D eigenvalue weighted by molar-refractivity contribution is 5.94. The van der Waals surface area contributed by atoms with Crippen LogP contribution >= 0.6 is 0 Å². The van der Waals surface area contributed by atoms with Gasteiger partial charge in [-0.05, 0) is 67.9 Å². The number of nitrogens with zero attached hydrogens (tertiary/aromatic N) is 4. The van der Waals surface area contributed by atoms with Crippen molar-refractivity contribution >= 4 is 11.6 Å². The van der Waals surface area contributed by atoms with Crippen molar-refractivity contribution in [1.82, 2.24) is 30.2 Å². The zero-order chi connectivity index (χ0) is 26.4. The molecule has 1 amide bonds. The van der Waals surface area contributed by atoms with Crippen LogP contribution in [0.25, 0.3) is 0 Å². The van der Waals surface area contributed by atoms with Crippen molar-refractivity contribution in [3.63, 3.8) is 0 Å². The number of rotatable bonds is 9. The third kappa shape index (κ3) is 6.06. The molecule has 39 heavy (non-hydrogen) atoms. The van der Waals surface area contributed by atoms with E-state index in [4.69, 9.17) is 0 Å². The largest absolute Gasteiger partial charge is 0.368 e. The Morgan fingerprint density at radius 3 is 2.28 bits per heavy atom. The molecular formula is C31H37N7O. The van der Waals surface area contributed by atoms with Crippen LogP contribution in [0.2, 0.25) is 0 Å². The highest BCUT2D eigenvalue weighted by Gasteiger charge is 2.28. The summed E-state index contributed by atoms with van der Waals surface area (Å²) >= 11 is 0.